The second kappa shape index (κ2) is 7.13. The van der Waals surface area contributed by atoms with Gasteiger partial charge in [-0.25, -0.2) is 22.3 Å². The minimum Gasteiger partial charge on any atom is -0.370 e. The predicted molar refractivity (Wildman–Crippen MR) is 83.0 cm³/mol. The predicted octanol–water partition coefficient (Wildman–Crippen LogP) is -0.885. The maximum atomic E-state index is 14.8. The lowest BCUT2D eigenvalue weighted by molar-refractivity contribution is -0.0486. The van der Waals surface area contributed by atoms with Crippen molar-refractivity contribution in [3.63, 3.8) is 0 Å². The zero-order valence-electron chi connectivity index (χ0n) is 13.4. The molecule has 2 rings (SSSR count). The van der Waals surface area contributed by atoms with Crippen molar-refractivity contribution in [1.29, 1.82) is 0 Å². The largest absolute Gasteiger partial charge is 0.370 e. The molecule has 4 atom stereocenters. The van der Waals surface area contributed by atoms with Crippen molar-refractivity contribution in [2.24, 2.45) is 0 Å². The first-order chi connectivity index (χ1) is 11.1. The molecule has 0 saturated carbocycles. The Balaban J connectivity index is 2.35. The fraction of sp³-hybridized carbons (Fsp3) is 0.692. The Kier molecular flexibility index (Phi) is 5.58. The number of halogens is 1. The van der Waals surface area contributed by atoms with Crippen LogP contribution in [0.1, 0.15) is 20.1 Å². The fourth-order valence-corrected chi connectivity index (χ4v) is 3.32. The SMILES string of the molecule is CNS(=O)(=O)CC1O[C@@H](n2ccc(=O)[nH]c2=O)[C@H](F)[C@@H]1OC(C)C. The van der Waals surface area contributed by atoms with Gasteiger partial charge in [0.1, 0.15) is 12.2 Å². The molecule has 0 radical (unpaired) electrons. The number of rotatable bonds is 6. The van der Waals surface area contributed by atoms with Crippen molar-refractivity contribution in [2.75, 3.05) is 12.8 Å². The number of alkyl halides is 1. The van der Waals surface area contributed by atoms with E-state index in [0.29, 0.717) is 0 Å². The third-order valence-electron chi connectivity index (χ3n) is 3.52. The monoisotopic (exact) mass is 365 g/mol. The van der Waals surface area contributed by atoms with E-state index in [2.05, 4.69) is 4.72 Å². The van der Waals surface area contributed by atoms with E-state index in [4.69, 9.17) is 9.47 Å². The molecule has 11 heteroatoms. The minimum absolute atomic E-state index is 0.373. The highest BCUT2D eigenvalue weighted by molar-refractivity contribution is 7.89. The van der Waals surface area contributed by atoms with Gasteiger partial charge in [0, 0.05) is 12.3 Å². The minimum atomic E-state index is -3.68. The molecule has 0 bridgehead atoms. The van der Waals surface area contributed by atoms with Crippen LogP contribution < -0.4 is 16.0 Å². The van der Waals surface area contributed by atoms with Gasteiger partial charge in [-0.2, -0.15) is 0 Å². The second-order valence-corrected chi connectivity index (χ2v) is 7.63. The van der Waals surface area contributed by atoms with Gasteiger partial charge in [0.15, 0.2) is 12.4 Å². The highest BCUT2D eigenvalue weighted by atomic mass is 32.2. The molecule has 0 amide bonds. The Morgan fingerprint density at radius 3 is 2.67 bits per heavy atom. The molecule has 24 heavy (non-hydrogen) atoms. The third kappa shape index (κ3) is 4.09. The lowest BCUT2D eigenvalue weighted by Crippen LogP contribution is -2.40. The smallest absolute Gasteiger partial charge is 0.330 e. The van der Waals surface area contributed by atoms with E-state index in [0.717, 1.165) is 16.8 Å². The second-order valence-electron chi connectivity index (χ2n) is 5.66. The third-order valence-corrected chi connectivity index (χ3v) is 4.91. The van der Waals surface area contributed by atoms with Crippen molar-refractivity contribution in [1.82, 2.24) is 14.3 Å². The number of aromatic nitrogens is 2. The van der Waals surface area contributed by atoms with Crippen molar-refractivity contribution in [3.8, 4) is 0 Å². The lowest BCUT2D eigenvalue weighted by Gasteiger charge is -2.21. The van der Waals surface area contributed by atoms with E-state index >= 15 is 0 Å². The molecule has 1 aromatic rings. The number of H-pyrrole nitrogens is 1. The van der Waals surface area contributed by atoms with Crippen LogP contribution in [0.4, 0.5) is 4.39 Å². The van der Waals surface area contributed by atoms with Crippen molar-refractivity contribution in [2.45, 2.75) is 44.6 Å². The summed E-state index contributed by atoms with van der Waals surface area (Å²) in [6.45, 7) is 3.35. The summed E-state index contributed by atoms with van der Waals surface area (Å²) >= 11 is 0. The molecule has 1 aromatic heterocycles. The van der Waals surface area contributed by atoms with Crippen molar-refractivity contribution >= 4 is 10.0 Å². The van der Waals surface area contributed by atoms with Gasteiger partial charge < -0.3 is 9.47 Å². The average molecular weight is 365 g/mol. The molecule has 1 aliphatic heterocycles. The summed E-state index contributed by atoms with van der Waals surface area (Å²) < 4.78 is 52.2. The summed E-state index contributed by atoms with van der Waals surface area (Å²) in [4.78, 5) is 25.0. The van der Waals surface area contributed by atoms with Crippen LogP contribution in [0.5, 0.6) is 0 Å². The van der Waals surface area contributed by atoms with Crippen LogP contribution in [0.15, 0.2) is 21.9 Å². The zero-order chi connectivity index (χ0) is 18.1. The number of aromatic amines is 1. The Labute approximate surface area is 137 Å². The molecule has 9 nitrogen and oxygen atoms in total. The van der Waals surface area contributed by atoms with Crippen LogP contribution in [-0.4, -0.2) is 55.3 Å². The molecule has 1 saturated heterocycles. The number of hydrogen-bond donors (Lipinski definition) is 2. The van der Waals surface area contributed by atoms with Crippen LogP contribution in [0.3, 0.4) is 0 Å². The molecule has 136 valence electrons. The van der Waals surface area contributed by atoms with Gasteiger partial charge in [-0.05, 0) is 20.9 Å². The van der Waals surface area contributed by atoms with E-state index < -0.39 is 51.6 Å². The van der Waals surface area contributed by atoms with E-state index in [1.165, 1.54) is 7.05 Å². The van der Waals surface area contributed by atoms with Crippen LogP contribution in [0, 0.1) is 0 Å². The Bertz CT molecular complexity index is 789. The molecule has 0 aromatic carbocycles. The fourth-order valence-electron chi connectivity index (χ4n) is 2.46. The highest BCUT2D eigenvalue weighted by Gasteiger charge is 2.49. The van der Waals surface area contributed by atoms with Crippen LogP contribution in [-0.2, 0) is 19.5 Å². The van der Waals surface area contributed by atoms with Gasteiger partial charge in [0.05, 0.1) is 11.9 Å². The summed E-state index contributed by atoms with van der Waals surface area (Å²) in [5.41, 5.74) is -1.48. The number of nitrogens with one attached hydrogen (secondary N) is 2. The summed E-state index contributed by atoms with van der Waals surface area (Å²) in [5.74, 6) is -0.518. The van der Waals surface area contributed by atoms with E-state index in [9.17, 15) is 22.4 Å². The first kappa shape index (κ1) is 18.8. The van der Waals surface area contributed by atoms with Crippen molar-refractivity contribution in [3.05, 3.63) is 33.1 Å². The zero-order valence-corrected chi connectivity index (χ0v) is 14.2. The summed E-state index contributed by atoms with van der Waals surface area (Å²) in [7, 11) is -2.45. The van der Waals surface area contributed by atoms with E-state index in [-0.39, 0.29) is 6.10 Å². The molecule has 1 aliphatic rings. The number of ether oxygens (including phenoxy) is 2. The maximum Gasteiger partial charge on any atom is 0.330 e. The molecule has 2 heterocycles. The standard InChI is InChI=1S/C13H20FN3O6S/c1-7(2)22-11-8(6-24(20,21)15-3)23-12(10(11)14)17-5-4-9(18)16-13(17)19/h4-5,7-8,10-12,15H,6H2,1-3H3,(H,16,18,19)/t8?,10-,11-,12-/m1/s1. The van der Waals surface area contributed by atoms with E-state index in [1.807, 2.05) is 4.98 Å². The quantitative estimate of drug-likeness (QED) is 0.675. The number of nitrogens with zero attached hydrogens (tertiary/aromatic N) is 1. The van der Waals surface area contributed by atoms with Crippen LogP contribution in [0.2, 0.25) is 0 Å². The Morgan fingerprint density at radius 2 is 2.12 bits per heavy atom. The summed E-state index contributed by atoms with van der Waals surface area (Å²) in [6, 6.07) is 1.05. The van der Waals surface area contributed by atoms with Gasteiger partial charge in [0.25, 0.3) is 5.56 Å². The van der Waals surface area contributed by atoms with E-state index in [1.54, 1.807) is 13.8 Å². The topological polar surface area (TPSA) is 119 Å². The Hall–Kier alpha value is -1.56. The number of sulfonamides is 1. The summed E-state index contributed by atoms with van der Waals surface area (Å²) in [5, 5.41) is 0. The van der Waals surface area contributed by atoms with Gasteiger partial charge in [0.2, 0.25) is 10.0 Å². The average Bonchev–Trinajstić information content (AvgIpc) is 2.75. The molecule has 2 N–H and O–H groups in total. The molecule has 1 fully saturated rings. The van der Waals surface area contributed by atoms with Gasteiger partial charge >= 0.3 is 5.69 Å². The molecular weight excluding hydrogens is 345 g/mol. The molecular formula is C13H20FN3O6S. The highest BCUT2D eigenvalue weighted by Crippen LogP contribution is 2.34. The molecule has 1 unspecified atom stereocenters. The lowest BCUT2D eigenvalue weighted by atomic mass is 10.1. The maximum absolute atomic E-state index is 14.8. The van der Waals surface area contributed by atoms with Crippen LogP contribution >= 0.6 is 0 Å². The molecule has 0 spiro atoms. The normalized spacial score (nSPS) is 27.7. The summed E-state index contributed by atoms with van der Waals surface area (Å²) in [6.07, 6.45) is -4.73. The van der Waals surface area contributed by atoms with Crippen molar-refractivity contribution < 1.29 is 22.3 Å². The van der Waals surface area contributed by atoms with Gasteiger partial charge in [-0.3, -0.25) is 14.3 Å². The number of hydrogen-bond acceptors (Lipinski definition) is 6. The van der Waals surface area contributed by atoms with Crippen LogP contribution in [0.25, 0.3) is 0 Å². The first-order valence-electron chi connectivity index (χ1n) is 7.32. The van der Waals surface area contributed by atoms with Gasteiger partial charge in [-0.1, -0.05) is 0 Å². The van der Waals surface area contributed by atoms with Gasteiger partial charge in [-0.15, -0.1) is 0 Å². The Morgan fingerprint density at radius 1 is 1.46 bits per heavy atom. The molecule has 0 aliphatic carbocycles. The first-order valence-corrected chi connectivity index (χ1v) is 8.97.